The van der Waals surface area contributed by atoms with E-state index in [0.717, 1.165) is 18.7 Å². The number of nitrogens with zero attached hydrogens (tertiary/aromatic N) is 3. The fraction of sp³-hybridized carbons (Fsp3) is 0.269. The van der Waals surface area contributed by atoms with Crippen LogP contribution in [0.25, 0.3) is 0 Å². The largest absolute Gasteiger partial charge is 0.309 e. The molecule has 0 saturated carbocycles. The van der Waals surface area contributed by atoms with Crippen LogP contribution < -0.4 is 4.90 Å². The smallest absolute Gasteiger partial charge is 0.258 e. The second kappa shape index (κ2) is 10.6. The topological polar surface area (TPSA) is 60.9 Å². The van der Waals surface area contributed by atoms with Crippen molar-refractivity contribution in [3.63, 3.8) is 0 Å². The van der Waals surface area contributed by atoms with Crippen molar-refractivity contribution in [3.05, 3.63) is 95.6 Å². The van der Waals surface area contributed by atoms with Crippen LogP contribution in [-0.4, -0.2) is 56.3 Å². The number of carbonyl (C=O) groups excluding carboxylic acids is 1. The Morgan fingerprint density at radius 3 is 2.26 bits per heavy atom. The maximum Gasteiger partial charge on any atom is 0.258 e. The maximum absolute atomic E-state index is 13.7. The third-order valence-electron chi connectivity index (χ3n) is 6.08. The van der Waals surface area contributed by atoms with Crippen LogP contribution in [0.4, 0.5) is 14.5 Å². The molecule has 0 aliphatic carbocycles. The Hall–Kier alpha value is -3.14. The van der Waals surface area contributed by atoms with Gasteiger partial charge >= 0.3 is 0 Å². The summed E-state index contributed by atoms with van der Waals surface area (Å²) in [6.45, 7) is 4.57. The number of anilines is 1. The maximum atomic E-state index is 13.7. The molecule has 1 fully saturated rings. The normalized spacial score (nSPS) is 15.2. The molecular weight excluding hydrogens is 472 g/mol. The van der Waals surface area contributed by atoms with Gasteiger partial charge in [0.2, 0.25) is 10.0 Å². The molecule has 9 heteroatoms. The molecular formula is C26H27F2N3O3S. The number of carbonyl (C=O) groups is 1. The molecule has 35 heavy (non-hydrogen) atoms. The van der Waals surface area contributed by atoms with Crippen LogP contribution in [0.15, 0.2) is 77.7 Å². The van der Waals surface area contributed by atoms with Crippen LogP contribution in [0.5, 0.6) is 0 Å². The van der Waals surface area contributed by atoms with Gasteiger partial charge in [0, 0.05) is 56.6 Å². The fourth-order valence-electron chi connectivity index (χ4n) is 4.16. The summed E-state index contributed by atoms with van der Waals surface area (Å²) in [5, 5.41) is 0. The van der Waals surface area contributed by atoms with Crippen molar-refractivity contribution in [1.29, 1.82) is 0 Å². The first-order valence-electron chi connectivity index (χ1n) is 11.4. The van der Waals surface area contributed by atoms with Gasteiger partial charge in [0.25, 0.3) is 5.91 Å². The molecule has 0 aromatic heterocycles. The molecule has 0 radical (unpaired) electrons. The van der Waals surface area contributed by atoms with E-state index in [2.05, 4.69) is 4.90 Å². The van der Waals surface area contributed by atoms with Crippen LogP contribution in [0, 0.1) is 11.6 Å². The summed E-state index contributed by atoms with van der Waals surface area (Å²) in [5.74, 6) is -2.56. The van der Waals surface area contributed by atoms with Gasteiger partial charge in [-0.2, -0.15) is 4.31 Å². The zero-order chi connectivity index (χ0) is 25.0. The van der Waals surface area contributed by atoms with Crippen LogP contribution in [-0.2, 0) is 16.6 Å². The van der Waals surface area contributed by atoms with E-state index in [0.29, 0.717) is 26.2 Å². The van der Waals surface area contributed by atoms with Crippen molar-refractivity contribution in [2.24, 2.45) is 0 Å². The number of benzene rings is 3. The van der Waals surface area contributed by atoms with Gasteiger partial charge in [-0.3, -0.25) is 9.69 Å². The van der Waals surface area contributed by atoms with Gasteiger partial charge in [-0.25, -0.2) is 17.2 Å². The van der Waals surface area contributed by atoms with Crippen LogP contribution >= 0.6 is 0 Å². The fourth-order valence-corrected chi connectivity index (χ4v) is 5.63. The lowest BCUT2D eigenvalue weighted by Gasteiger charge is -2.34. The Bertz CT molecular complexity index is 1290. The summed E-state index contributed by atoms with van der Waals surface area (Å²) < 4.78 is 55.1. The van der Waals surface area contributed by atoms with Gasteiger partial charge in [-0.1, -0.05) is 36.4 Å². The zero-order valence-corrected chi connectivity index (χ0v) is 20.2. The molecule has 0 N–H and O–H groups in total. The number of halogens is 2. The molecule has 3 aromatic carbocycles. The van der Waals surface area contributed by atoms with E-state index >= 15 is 0 Å². The van der Waals surface area contributed by atoms with Gasteiger partial charge < -0.3 is 4.90 Å². The first kappa shape index (κ1) is 25.0. The van der Waals surface area contributed by atoms with E-state index in [1.807, 2.05) is 30.3 Å². The number of sulfonamides is 1. The standard InChI is InChI=1S/C26H27F2N3O3S/c1-2-31(22-11-12-24(27)25(28)18-22)26(32)21-9-6-10-23(17-21)35(33,34)30-15-13-29(14-16-30)19-20-7-4-3-5-8-20/h3-12,17-18H,2,13-16,19H2,1H3. The molecule has 0 atom stereocenters. The molecule has 184 valence electrons. The van der Waals surface area contributed by atoms with E-state index in [4.69, 9.17) is 0 Å². The van der Waals surface area contributed by atoms with Gasteiger partial charge in [0.15, 0.2) is 11.6 Å². The van der Waals surface area contributed by atoms with E-state index in [9.17, 15) is 22.0 Å². The Morgan fingerprint density at radius 1 is 0.886 bits per heavy atom. The molecule has 3 aromatic rings. The molecule has 0 bridgehead atoms. The lowest BCUT2D eigenvalue weighted by atomic mass is 10.1. The number of piperazine rings is 1. The molecule has 1 saturated heterocycles. The molecule has 1 amide bonds. The number of amides is 1. The quantitative estimate of drug-likeness (QED) is 0.490. The monoisotopic (exact) mass is 499 g/mol. The minimum absolute atomic E-state index is 0.0289. The number of hydrogen-bond donors (Lipinski definition) is 0. The van der Waals surface area contributed by atoms with E-state index in [1.54, 1.807) is 6.92 Å². The van der Waals surface area contributed by atoms with Gasteiger partial charge in [0.05, 0.1) is 4.90 Å². The van der Waals surface area contributed by atoms with Crippen LogP contribution in [0.1, 0.15) is 22.8 Å². The predicted octanol–water partition coefficient (Wildman–Crippen LogP) is 4.14. The lowest BCUT2D eigenvalue weighted by Crippen LogP contribution is -2.48. The van der Waals surface area contributed by atoms with Crippen molar-refractivity contribution < 1.29 is 22.0 Å². The third-order valence-corrected chi connectivity index (χ3v) is 7.97. The molecule has 0 unspecified atom stereocenters. The van der Waals surface area contributed by atoms with Crippen LogP contribution in [0.3, 0.4) is 0 Å². The average molecular weight is 500 g/mol. The average Bonchev–Trinajstić information content (AvgIpc) is 2.87. The predicted molar refractivity (Wildman–Crippen MR) is 131 cm³/mol. The summed E-state index contributed by atoms with van der Waals surface area (Å²) in [7, 11) is -3.80. The summed E-state index contributed by atoms with van der Waals surface area (Å²) >= 11 is 0. The summed E-state index contributed by atoms with van der Waals surface area (Å²) in [5.41, 5.74) is 1.52. The summed E-state index contributed by atoms with van der Waals surface area (Å²) in [4.78, 5) is 16.7. The highest BCUT2D eigenvalue weighted by Crippen LogP contribution is 2.23. The highest BCUT2D eigenvalue weighted by molar-refractivity contribution is 7.89. The van der Waals surface area contributed by atoms with Crippen molar-refractivity contribution in [3.8, 4) is 0 Å². The number of hydrogen-bond acceptors (Lipinski definition) is 4. The van der Waals surface area contributed by atoms with E-state index < -0.39 is 27.6 Å². The molecule has 1 aliphatic heterocycles. The van der Waals surface area contributed by atoms with E-state index in [1.165, 1.54) is 45.1 Å². The Morgan fingerprint density at radius 2 is 1.60 bits per heavy atom. The minimum Gasteiger partial charge on any atom is -0.309 e. The Kier molecular flexibility index (Phi) is 7.59. The van der Waals surface area contributed by atoms with Gasteiger partial charge in [0.1, 0.15) is 0 Å². The first-order chi connectivity index (χ1) is 16.8. The molecule has 4 rings (SSSR count). The van der Waals surface area contributed by atoms with E-state index in [-0.39, 0.29) is 22.7 Å². The molecule has 1 aliphatic rings. The highest BCUT2D eigenvalue weighted by atomic mass is 32.2. The Labute approximate surface area is 204 Å². The minimum atomic E-state index is -3.80. The molecule has 1 heterocycles. The summed E-state index contributed by atoms with van der Waals surface area (Å²) in [6.07, 6.45) is 0. The molecule has 6 nitrogen and oxygen atoms in total. The molecule has 0 spiro atoms. The van der Waals surface area contributed by atoms with Gasteiger partial charge in [-0.15, -0.1) is 0 Å². The summed E-state index contributed by atoms with van der Waals surface area (Å²) in [6, 6.07) is 19.1. The Balaban J connectivity index is 1.48. The second-order valence-corrected chi connectivity index (χ2v) is 10.3. The van der Waals surface area contributed by atoms with Crippen LogP contribution in [0.2, 0.25) is 0 Å². The number of rotatable bonds is 7. The van der Waals surface area contributed by atoms with Gasteiger partial charge in [-0.05, 0) is 42.8 Å². The first-order valence-corrected chi connectivity index (χ1v) is 12.9. The zero-order valence-electron chi connectivity index (χ0n) is 19.4. The second-order valence-electron chi connectivity index (χ2n) is 8.34. The SMILES string of the molecule is CCN(C(=O)c1cccc(S(=O)(=O)N2CCN(Cc3ccccc3)CC2)c1)c1ccc(F)c(F)c1. The highest BCUT2D eigenvalue weighted by Gasteiger charge is 2.29. The van der Waals surface area contributed by atoms with Crippen molar-refractivity contribution in [2.75, 3.05) is 37.6 Å². The third kappa shape index (κ3) is 5.58. The van der Waals surface area contributed by atoms with Crippen molar-refractivity contribution >= 4 is 21.6 Å². The van der Waals surface area contributed by atoms with Crippen molar-refractivity contribution in [1.82, 2.24) is 9.21 Å². The van der Waals surface area contributed by atoms with Crippen molar-refractivity contribution in [2.45, 2.75) is 18.4 Å². The lowest BCUT2D eigenvalue weighted by molar-refractivity contribution is 0.0988.